The molecule has 0 radical (unpaired) electrons. The normalized spacial score (nSPS) is 10.3. The predicted octanol–water partition coefficient (Wildman–Crippen LogP) is 3.15. The Morgan fingerprint density at radius 3 is 2.79 bits per heavy atom. The van der Waals surface area contributed by atoms with Crippen LogP contribution in [0.4, 0.5) is 5.69 Å². The largest absolute Gasteiger partial charge is 0.493 e. The zero-order valence-corrected chi connectivity index (χ0v) is 9.21. The van der Waals surface area contributed by atoms with Gasteiger partial charge in [-0.05, 0) is 25.0 Å². The Kier molecular flexibility index (Phi) is 4.30. The fraction of sp³-hybridized carbons (Fsp3) is 0.500. The molecule has 1 N–H and O–H groups in total. The summed E-state index contributed by atoms with van der Waals surface area (Å²) < 4.78 is 5.61. The number of ether oxygens (including phenoxy) is 1. The maximum Gasteiger partial charge on any atom is 0.121 e. The average molecular weight is 193 g/mol. The molecule has 0 heterocycles. The van der Waals surface area contributed by atoms with Crippen LogP contribution in [0.1, 0.15) is 20.8 Å². The molecule has 14 heavy (non-hydrogen) atoms. The number of nitrogens with one attached hydrogen (secondary N) is 1. The zero-order chi connectivity index (χ0) is 10.4. The van der Waals surface area contributed by atoms with Crippen LogP contribution in [0.2, 0.25) is 0 Å². The maximum absolute atomic E-state index is 5.61. The van der Waals surface area contributed by atoms with Crippen LogP contribution in [-0.4, -0.2) is 13.2 Å². The topological polar surface area (TPSA) is 21.3 Å². The second-order valence-electron chi connectivity index (χ2n) is 3.76. The minimum Gasteiger partial charge on any atom is -0.493 e. The Morgan fingerprint density at radius 2 is 2.14 bits per heavy atom. The molecule has 0 aromatic heterocycles. The number of anilines is 1. The summed E-state index contributed by atoms with van der Waals surface area (Å²) in [6, 6.07) is 8.08. The van der Waals surface area contributed by atoms with Gasteiger partial charge >= 0.3 is 0 Å². The van der Waals surface area contributed by atoms with E-state index in [4.69, 9.17) is 4.74 Å². The van der Waals surface area contributed by atoms with Crippen LogP contribution in [0.3, 0.4) is 0 Å². The number of rotatable bonds is 5. The van der Waals surface area contributed by atoms with E-state index in [-0.39, 0.29) is 0 Å². The third-order valence-corrected chi connectivity index (χ3v) is 1.80. The van der Waals surface area contributed by atoms with Crippen molar-refractivity contribution in [3.63, 3.8) is 0 Å². The molecule has 0 spiro atoms. The smallest absolute Gasteiger partial charge is 0.121 e. The molecule has 0 unspecified atom stereocenters. The van der Waals surface area contributed by atoms with Crippen molar-refractivity contribution in [1.82, 2.24) is 0 Å². The minimum atomic E-state index is 0.567. The van der Waals surface area contributed by atoms with Crippen LogP contribution in [-0.2, 0) is 0 Å². The predicted molar refractivity (Wildman–Crippen MR) is 60.9 cm³/mol. The lowest BCUT2D eigenvalue weighted by atomic mass is 10.2. The van der Waals surface area contributed by atoms with E-state index in [1.165, 1.54) is 0 Å². The van der Waals surface area contributed by atoms with E-state index in [0.717, 1.165) is 24.6 Å². The molecular weight excluding hydrogens is 174 g/mol. The average Bonchev–Trinajstić information content (AvgIpc) is 2.16. The standard InChI is InChI=1S/C12H19NO/c1-4-13-11-6-5-7-12(8-11)14-9-10(2)3/h5-8,10,13H,4,9H2,1-3H3. The summed E-state index contributed by atoms with van der Waals surface area (Å²) in [6.07, 6.45) is 0. The second kappa shape index (κ2) is 5.53. The van der Waals surface area contributed by atoms with Crippen LogP contribution in [0.15, 0.2) is 24.3 Å². The molecule has 1 aromatic rings. The molecule has 0 fully saturated rings. The van der Waals surface area contributed by atoms with E-state index < -0.39 is 0 Å². The van der Waals surface area contributed by atoms with Crippen molar-refractivity contribution in [2.45, 2.75) is 20.8 Å². The lowest BCUT2D eigenvalue weighted by Gasteiger charge is -2.10. The molecule has 0 saturated heterocycles. The Morgan fingerprint density at radius 1 is 1.36 bits per heavy atom. The van der Waals surface area contributed by atoms with Gasteiger partial charge in [0.05, 0.1) is 6.61 Å². The van der Waals surface area contributed by atoms with Crippen molar-refractivity contribution in [3.05, 3.63) is 24.3 Å². The highest BCUT2D eigenvalue weighted by atomic mass is 16.5. The molecule has 0 aliphatic rings. The summed E-state index contributed by atoms with van der Waals surface area (Å²) in [7, 11) is 0. The van der Waals surface area contributed by atoms with Gasteiger partial charge in [0.25, 0.3) is 0 Å². The summed E-state index contributed by atoms with van der Waals surface area (Å²) in [6.45, 7) is 8.09. The summed E-state index contributed by atoms with van der Waals surface area (Å²) in [5, 5.41) is 3.26. The minimum absolute atomic E-state index is 0.567. The van der Waals surface area contributed by atoms with Gasteiger partial charge in [0.1, 0.15) is 5.75 Å². The van der Waals surface area contributed by atoms with Crippen LogP contribution in [0.25, 0.3) is 0 Å². The second-order valence-corrected chi connectivity index (χ2v) is 3.76. The SMILES string of the molecule is CCNc1cccc(OCC(C)C)c1. The van der Waals surface area contributed by atoms with Crippen molar-refractivity contribution >= 4 is 5.69 Å². The van der Waals surface area contributed by atoms with Crippen LogP contribution in [0.5, 0.6) is 5.75 Å². The summed E-state index contributed by atoms with van der Waals surface area (Å²) in [5.41, 5.74) is 1.12. The first kappa shape index (κ1) is 10.9. The Hall–Kier alpha value is -1.18. The van der Waals surface area contributed by atoms with Crippen LogP contribution in [0, 0.1) is 5.92 Å². The highest BCUT2D eigenvalue weighted by molar-refractivity contribution is 5.47. The Bertz CT molecular complexity index is 271. The van der Waals surface area contributed by atoms with Crippen molar-refractivity contribution < 1.29 is 4.74 Å². The fourth-order valence-corrected chi connectivity index (χ4v) is 1.16. The van der Waals surface area contributed by atoms with Crippen LogP contribution >= 0.6 is 0 Å². The van der Waals surface area contributed by atoms with E-state index in [9.17, 15) is 0 Å². The Labute approximate surface area is 86.3 Å². The molecule has 2 heteroatoms. The number of benzene rings is 1. The molecule has 0 atom stereocenters. The maximum atomic E-state index is 5.61. The van der Waals surface area contributed by atoms with Crippen molar-refractivity contribution in [3.8, 4) is 5.75 Å². The molecule has 0 amide bonds. The molecule has 0 aliphatic heterocycles. The van der Waals surface area contributed by atoms with Gasteiger partial charge in [-0.1, -0.05) is 19.9 Å². The van der Waals surface area contributed by atoms with Crippen molar-refractivity contribution in [2.75, 3.05) is 18.5 Å². The Balaban J connectivity index is 2.54. The van der Waals surface area contributed by atoms with Crippen molar-refractivity contribution in [1.29, 1.82) is 0 Å². The molecule has 0 aliphatic carbocycles. The molecule has 78 valence electrons. The number of hydrogen-bond acceptors (Lipinski definition) is 2. The lowest BCUT2D eigenvalue weighted by Crippen LogP contribution is -2.04. The van der Waals surface area contributed by atoms with E-state index in [1.54, 1.807) is 0 Å². The van der Waals surface area contributed by atoms with Gasteiger partial charge in [-0.3, -0.25) is 0 Å². The van der Waals surface area contributed by atoms with E-state index >= 15 is 0 Å². The van der Waals surface area contributed by atoms with E-state index in [0.29, 0.717) is 5.92 Å². The first-order chi connectivity index (χ1) is 6.72. The van der Waals surface area contributed by atoms with Gasteiger partial charge in [0.2, 0.25) is 0 Å². The molecule has 1 aromatic carbocycles. The van der Waals surface area contributed by atoms with Crippen molar-refractivity contribution in [2.24, 2.45) is 5.92 Å². The summed E-state index contributed by atoms with van der Waals surface area (Å²) >= 11 is 0. The fourth-order valence-electron chi connectivity index (χ4n) is 1.16. The third kappa shape index (κ3) is 3.69. The number of hydrogen-bond donors (Lipinski definition) is 1. The first-order valence-electron chi connectivity index (χ1n) is 5.19. The quantitative estimate of drug-likeness (QED) is 0.775. The molecule has 0 bridgehead atoms. The van der Waals surface area contributed by atoms with Gasteiger partial charge in [-0.25, -0.2) is 0 Å². The zero-order valence-electron chi connectivity index (χ0n) is 9.21. The highest BCUT2D eigenvalue weighted by Gasteiger charge is 1.97. The molecule has 1 rings (SSSR count). The molecular formula is C12H19NO. The van der Waals surface area contributed by atoms with Gasteiger partial charge in [-0.15, -0.1) is 0 Å². The van der Waals surface area contributed by atoms with E-state index in [2.05, 4.69) is 26.1 Å². The van der Waals surface area contributed by atoms with Gasteiger partial charge in [-0.2, -0.15) is 0 Å². The van der Waals surface area contributed by atoms with Gasteiger partial charge in [0.15, 0.2) is 0 Å². The highest BCUT2D eigenvalue weighted by Crippen LogP contribution is 2.17. The summed E-state index contributed by atoms with van der Waals surface area (Å²) in [4.78, 5) is 0. The lowest BCUT2D eigenvalue weighted by molar-refractivity contribution is 0.271. The van der Waals surface area contributed by atoms with Crippen LogP contribution < -0.4 is 10.1 Å². The van der Waals surface area contributed by atoms with Gasteiger partial charge in [0, 0.05) is 18.3 Å². The first-order valence-corrected chi connectivity index (χ1v) is 5.19. The molecule has 2 nitrogen and oxygen atoms in total. The third-order valence-electron chi connectivity index (χ3n) is 1.80. The summed E-state index contributed by atoms with van der Waals surface area (Å²) in [5.74, 6) is 1.51. The monoisotopic (exact) mass is 193 g/mol. The van der Waals surface area contributed by atoms with E-state index in [1.807, 2.05) is 24.3 Å². The molecule has 0 saturated carbocycles. The van der Waals surface area contributed by atoms with Gasteiger partial charge < -0.3 is 10.1 Å².